The topological polar surface area (TPSA) is 63.3 Å². The molecule has 4 nitrogen and oxygen atoms in total. The fraction of sp³-hybridized carbons (Fsp3) is 0.300. The molecule has 0 aliphatic rings. The van der Waals surface area contributed by atoms with Crippen LogP contribution >= 0.6 is 31.9 Å². The van der Waals surface area contributed by atoms with Gasteiger partial charge in [-0.15, -0.1) is 0 Å². The van der Waals surface area contributed by atoms with Crippen molar-refractivity contribution in [2.24, 2.45) is 5.92 Å². The molecule has 6 heteroatoms. The van der Waals surface area contributed by atoms with Crippen molar-refractivity contribution < 1.29 is 14.4 Å². The van der Waals surface area contributed by atoms with E-state index in [0.717, 1.165) is 25.6 Å². The molecule has 138 valence electrons. The van der Waals surface area contributed by atoms with Crippen molar-refractivity contribution in [3.8, 4) is 5.75 Å². The van der Waals surface area contributed by atoms with Crippen LogP contribution in [-0.2, 0) is 0 Å². The van der Waals surface area contributed by atoms with Crippen molar-refractivity contribution in [3.63, 3.8) is 0 Å². The van der Waals surface area contributed by atoms with Crippen LogP contribution in [0, 0.1) is 5.92 Å². The predicted molar refractivity (Wildman–Crippen MR) is 111 cm³/mol. The fourth-order valence-electron chi connectivity index (χ4n) is 2.36. The minimum absolute atomic E-state index is 0.0428. The molecule has 0 bridgehead atoms. The van der Waals surface area contributed by atoms with Crippen molar-refractivity contribution in [1.82, 2.24) is 5.16 Å². The van der Waals surface area contributed by atoms with E-state index in [-0.39, 0.29) is 17.5 Å². The number of carbonyl (C=O) groups excluding carboxylic acids is 1. The number of halogens is 2. The highest BCUT2D eigenvalue weighted by molar-refractivity contribution is 9.10. The number of carbonyl (C=O) groups is 1. The summed E-state index contributed by atoms with van der Waals surface area (Å²) in [4.78, 5) is 11.5. The Labute approximate surface area is 169 Å². The monoisotopic (exact) mass is 481 g/mol. The lowest BCUT2D eigenvalue weighted by atomic mass is 10.0. The molecule has 26 heavy (non-hydrogen) atoms. The van der Waals surface area contributed by atoms with Crippen molar-refractivity contribution >= 4 is 48.6 Å². The maximum absolute atomic E-state index is 11.5. The van der Waals surface area contributed by atoms with Gasteiger partial charge in [-0.25, -0.2) is 0 Å². The largest absolute Gasteiger partial charge is 0.507 e. The lowest BCUT2D eigenvalue weighted by molar-refractivity contribution is 0.0936. The zero-order valence-electron chi connectivity index (χ0n) is 15.1. The number of hydrogen-bond acceptors (Lipinski definition) is 4. The molecule has 0 saturated carbocycles. The second kappa shape index (κ2) is 8.82. The summed E-state index contributed by atoms with van der Waals surface area (Å²) in [5, 5.41) is 14.6. The first-order valence-electron chi connectivity index (χ1n) is 8.28. The first kappa shape index (κ1) is 20.6. The van der Waals surface area contributed by atoms with Gasteiger partial charge in [0.25, 0.3) is 0 Å². The molecule has 1 heterocycles. The Balaban J connectivity index is 0.000000187. The van der Waals surface area contributed by atoms with Gasteiger partial charge in [-0.1, -0.05) is 64.7 Å². The number of hydrogen-bond donors (Lipinski definition) is 1. The van der Waals surface area contributed by atoms with Gasteiger partial charge in [0.2, 0.25) is 0 Å². The van der Waals surface area contributed by atoms with Crippen LogP contribution in [0.1, 0.15) is 49.7 Å². The average Bonchev–Trinajstić information content (AvgIpc) is 3.00. The van der Waals surface area contributed by atoms with Crippen LogP contribution in [-0.4, -0.2) is 16.0 Å². The smallest absolute Gasteiger partial charge is 0.169 e. The fourth-order valence-corrected chi connectivity index (χ4v) is 3.08. The SMILES string of the molecule is CC(C)C(=O)c1cc(Br)ccc1O.CC(C)c1noc2ccc(Br)cc12. The standard InChI is InChI=1S/C10H10BrNO.C10H11BrO2/c1-6(2)10-8-5-7(11)3-4-9(8)13-12-10;1-6(2)10(13)8-5-7(11)3-4-9(8)12/h3-6H,1-2H3;3-6,12H,1-2H3. The van der Waals surface area contributed by atoms with Gasteiger partial charge in [-0.05, 0) is 42.3 Å². The molecule has 2 aromatic carbocycles. The highest BCUT2D eigenvalue weighted by atomic mass is 79.9. The molecule has 3 aromatic rings. The maximum atomic E-state index is 11.5. The minimum Gasteiger partial charge on any atom is -0.507 e. The Morgan fingerprint density at radius 3 is 2.27 bits per heavy atom. The number of Topliss-reactive ketones (excluding diaryl/α,β-unsaturated/α-hetero) is 1. The molecule has 0 amide bonds. The lowest BCUT2D eigenvalue weighted by Gasteiger charge is -2.06. The minimum atomic E-state index is -0.0970. The van der Waals surface area contributed by atoms with Crippen LogP contribution in [0.5, 0.6) is 5.75 Å². The zero-order chi connectivity index (χ0) is 19.4. The number of phenols is 1. The summed E-state index contributed by atoms with van der Waals surface area (Å²) in [6.07, 6.45) is 0. The molecule has 0 radical (unpaired) electrons. The molecular formula is C20H21Br2NO3. The van der Waals surface area contributed by atoms with E-state index >= 15 is 0 Å². The van der Waals surface area contributed by atoms with Gasteiger partial charge in [-0.3, -0.25) is 4.79 Å². The molecule has 1 aromatic heterocycles. The first-order chi connectivity index (χ1) is 12.2. The Morgan fingerprint density at radius 1 is 1.04 bits per heavy atom. The molecule has 0 atom stereocenters. The highest BCUT2D eigenvalue weighted by Crippen LogP contribution is 2.27. The van der Waals surface area contributed by atoms with E-state index in [1.165, 1.54) is 6.07 Å². The third-order valence-corrected chi connectivity index (χ3v) is 4.74. The van der Waals surface area contributed by atoms with Gasteiger partial charge in [0.1, 0.15) is 5.75 Å². The molecular weight excluding hydrogens is 462 g/mol. The quantitative estimate of drug-likeness (QED) is 0.421. The lowest BCUT2D eigenvalue weighted by Crippen LogP contribution is -2.07. The second-order valence-corrected chi connectivity index (χ2v) is 8.37. The van der Waals surface area contributed by atoms with Crippen molar-refractivity contribution in [1.29, 1.82) is 0 Å². The number of aromatic nitrogens is 1. The molecule has 0 aliphatic heterocycles. The number of nitrogens with zero attached hydrogens (tertiary/aromatic N) is 1. The van der Waals surface area contributed by atoms with Crippen LogP contribution in [0.4, 0.5) is 0 Å². The summed E-state index contributed by atoms with van der Waals surface area (Å²) in [5.74, 6) is 0.302. The van der Waals surface area contributed by atoms with Gasteiger partial charge in [0.05, 0.1) is 11.3 Å². The molecule has 0 fully saturated rings. The Morgan fingerprint density at radius 2 is 1.65 bits per heavy atom. The van der Waals surface area contributed by atoms with E-state index in [1.54, 1.807) is 12.1 Å². The van der Waals surface area contributed by atoms with Crippen molar-refractivity contribution in [2.45, 2.75) is 33.6 Å². The number of aromatic hydroxyl groups is 1. The van der Waals surface area contributed by atoms with Crippen LogP contribution < -0.4 is 0 Å². The molecule has 0 spiro atoms. The normalized spacial score (nSPS) is 10.9. The van der Waals surface area contributed by atoms with Crippen LogP contribution in [0.25, 0.3) is 11.0 Å². The summed E-state index contributed by atoms with van der Waals surface area (Å²) < 4.78 is 7.06. The van der Waals surface area contributed by atoms with E-state index in [9.17, 15) is 9.90 Å². The number of ketones is 1. The van der Waals surface area contributed by atoms with E-state index in [0.29, 0.717) is 11.5 Å². The third kappa shape index (κ3) is 4.95. The third-order valence-electron chi connectivity index (χ3n) is 3.76. The highest BCUT2D eigenvalue weighted by Gasteiger charge is 2.14. The van der Waals surface area contributed by atoms with Crippen LogP contribution in [0.3, 0.4) is 0 Å². The van der Waals surface area contributed by atoms with Gasteiger partial charge in [-0.2, -0.15) is 0 Å². The van der Waals surface area contributed by atoms with E-state index in [1.807, 2.05) is 32.0 Å². The van der Waals surface area contributed by atoms with Crippen LogP contribution in [0.2, 0.25) is 0 Å². The summed E-state index contributed by atoms with van der Waals surface area (Å²) >= 11 is 6.68. The van der Waals surface area contributed by atoms with Gasteiger partial charge in [0, 0.05) is 20.2 Å². The maximum Gasteiger partial charge on any atom is 0.169 e. The molecule has 0 aliphatic carbocycles. The number of benzene rings is 2. The van der Waals surface area contributed by atoms with Crippen LogP contribution in [0.15, 0.2) is 49.9 Å². The second-order valence-electron chi connectivity index (χ2n) is 6.54. The first-order valence-corrected chi connectivity index (χ1v) is 9.86. The number of phenolic OH excluding ortho intramolecular Hbond substituents is 1. The number of rotatable bonds is 3. The van der Waals surface area contributed by atoms with Gasteiger partial charge >= 0.3 is 0 Å². The van der Waals surface area contributed by atoms with Gasteiger partial charge < -0.3 is 9.63 Å². The number of fused-ring (bicyclic) bond motifs is 1. The Hall–Kier alpha value is -1.66. The predicted octanol–water partition coefficient (Wildman–Crippen LogP) is 6.71. The summed E-state index contributed by atoms with van der Waals surface area (Å²) in [5.41, 5.74) is 2.26. The molecule has 0 saturated heterocycles. The van der Waals surface area contributed by atoms with E-state index < -0.39 is 0 Å². The van der Waals surface area contributed by atoms with Gasteiger partial charge in [0.15, 0.2) is 11.4 Å². The Kier molecular flexibility index (Phi) is 7.01. The zero-order valence-corrected chi connectivity index (χ0v) is 18.3. The van der Waals surface area contributed by atoms with Crippen molar-refractivity contribution in [2.75, 3.05) is 0 Å². The van der Waals surface area contributed by atoms with E-state index in [4.69, 9.17) is 4.52 Å². The summed E-state index contributed by atoms with van der Waals surface area (Å²) in [7, 11) is 0. The Bertz CT molecular complexity index is 917. The summed E-state index contributed by atoms with van der Waals surface area (Å²) in [6, 6.07) is 10.8. The summed E-state index contributed by atoms with van der Waals surface area (Å²) in [6.45, 7) is 7.84. The average molecular weight is 483 g/mol. The van der Waals surface area contributed by atoms with Crippen molar-refractivity contribution in [3.05, 3.63) is 56.6 Å². The molecule has 3 rings (SSSR count). The molecule has 0 unspecified atom stereocenters. The van der Waals surface area contributed by atoms with E-state index in [2.05, 4.69) is 50.9 Å². The molecule has 1 N–H and O–H groups in total.